The second-order valence-electron chi connectivity index (χ2n) is 6.07. The molecule has 0 aliphatic heterocycles. The van der Waals surface area contributed by atoms with E-state index in [2.05, 4.69) is 80.5 Å². The fourth-order valence-electron chi connectivity index (χ4n) is 3.49. The van der Waals surface area contributed by atoms with Gasteiger partial charge in [0.05, 0.1) is 11.0 Å². The number of hydrogen-bond donors (Lipinski definition) is 0. The van der Waals surface area contributed by atoms with Crippen LogP contribution in [-0.4, -0.2) is 9.97 Å². The third-order valence-electron chi connectivity index (χ3n) is 4.59. The van der Waals surface area contributed by atoms with Crippen LogP contribution in [0.25, 0.3) is 43.7 Å². The molecule has 5 rings (SSSR count). The summed E-state index contributed by atoms with van der Waals surface area (Å²) in [5.74, 6) is 0. The number of hydrogen-bond acceptors (Lipinski definition) is 2. The largest absolute Gasteiger partial charge is 0.254 e. The molecular formula is C22H13BrN2. The molecule has 0 N–H and O–H groups in total. The molecule has 0 aliphatic rings. The molecule has 0 unspecified atom stereocenters. The van der Waals surface area contributed by atoms with Gasteiger partial charge in [0.2, 0.25) is 0 Å². The van der Waals surface area contributed by atoms with Crippen LogP contribution in [0.2, 0.25) is 0 Å². The Morgan fingerprint density at radius 3 is 2.32 bits per heavy atom. The minimum absolute atomic E-state index is 0.949. The number of pyridine rings is 2. The topological polar surface area (TPSA) is 25.8 Å². The smallest absolute Gasteiger partial charge is 0.0970 e. The van der Waals surface area contributed by atoms with Gasteiger partial charge in [-0.1, -0.05) is 52.3 Å². The molecule has 118 valence electrons. The van der Waals surface area contributed by atoms with Gasteiger partial charge in [-0.3, -0.25) is 9.97 Å². The summed E-state index contributed by atoms with van der Waals surface area (Å²) in [5, 5.41) is 4.69. The van der Waals surface area contributed by atoms with Crippen molar-refractivity contribution in [2.75, 3.05) is 0 Å². The normalized spacial score (nSPS) is 11.4. The zero-order valence-corrected chi connectivity index (χ0v) is 14.9. The minimum Gasteiger partial charge on any atom is -0.254 e. The van der Waals surface area contributed by atoms with E-state index in [0.29, 0.717) is 0 Å². The summed E-state index contributed by atoms with van der Waals surface area (Å²) in [5.41, 5.74) is 4.31. The average molecular weight is 385 g/mol. The van der Waals surface area contributed by atoms with E-state index >= 15 is 0 Å². The first kappa shape index (κ1) is 14.6. The van der Waals surface area contributed by atoms with Crippen LogP contribution >= 0.6 is 15.9 Å². The molecule has 2 aromatic heterocycles. The van der Waals surface area contributed by atoms with Gasteiger partial charge < -0.3 is 0 Å². The molecule has 5 aromatic rings. The van der Waals surface area contributed by atoms with E-state index in [1.807, 2.05) is 24.5 Å². The van der Waals surface area contributed by atoms with Crippen LogP contribution in [0, 0.1) is 0 Å². The standard InChI is InChI=1S/C22H13BrN2/c23-16-8-9-17-14(12-16)4-1-6-18(17)20-13-15-5-2-10-24-21(15)22-19(20)7-3-11-25-22/h1-13H. The van der Waals surface area contributed by atoms with Crippen molar-refractivity contribution < 1.29 is 0 Å². The van der Waals surface area contributed by atoms with Gasteiger partial charge in [0, 0.05) is 27.6 Å². The van der Waals surface area contributed by atoms with Crippen LogP contribution < -0.4 is 0 Å². The van der Waals surface area contributed by atoms with E-state index in [4.69, 9.17) is 0 Å². The SMILES string of the molecule is Brc1ccc2c(-c3cc4cccnc4c4ncccc34)cccc2c1. The van der Waals surface area contributed by atoms with Crippen molar-refractivity contribution in [3.05, 3.63) is 83.6 Å². The van der Waals surface area contributed by atoms with E-state index in [-0.39, 0.29) is 0 Å². The third-order valence-corrected chi connectivity index (χ3v) is 5.09. The van der Waals surface area contributed by atoms with Crippen molar-refractivity contribution in [1.29, 1.82) is 0 Å². The lowest BCUT2D eigenvalue weighted by atomic mass is 9.94. The number of aromatic nitrogens is 2. The predicted octanol–water partition coefficient (Wildman–Crippen LogP) is 6.37. The van der Waals surface area contributed by atoms with Crippen molar-refractivity contribution >= 4 is 48.5 Å². The lowest BCUT2D eigenvalue weighted by molar-refractivity contribution is 1.37. The average Bonchev–Trinajstić information content (AvgIpc) is 2.66. The molecule has 0 bridgehead atoms. The van der Waals surface area contributed by atoms with Crippen LogP contribution in [-0.2, 0) is 0 Å². The van der Waals surface area contributed by atoms with E-state index in [1.165, 1.54) is 21.9 Å². The molecule has 0 aliphatic carbocycles. The summed E-state index contributed by atoms with van der Waals surface area (Å²) in [7, 11) is 0. The van der Waals surface area contributed by atoms with Crippen molar-refractivity contribution in [2.24, 2.45) is 0 Å². The molecule has 0 spiro atoms. The first-order valence-electron chi connectivity index (χ1n) is 8.12. The molecule has 0 atom stereocenters. The van der Waals surface area contributed by atoms with Gasteiger partial charge >= 0.3 is 0 Å². The maximum atomic E-state index is 4.62. The number of nitrogens with zero attached hydrogens (tertiary/aromatic N) is 2. The summed E-state index contributed by atoms with van der Waals surface area (Å²) in [6.07, 6.45) is 3.66. The second kappa shape index (κ2) is 5.64. The maximum Gasteiger partial charge on any atom is 0.0970 e. The Labute approximate surface area is 153 Å². The highest BCUT2D eigenvalue weighted by atomic mass is 79.9. The summed E-state index contributed by atoms with van der Waals surface area (Å²) >= 11 is 3.57. The van der Waals surface area contributed by atoms with Crippen LogP contribution in [0.15, 0.2) is 83.6 Å². The number of rotatable bonds is 1. The van der Waals surface area contributed by atoms with Crippen LogP contribution in [0.1, 0.15) is 0 Å². The molecule has 0 amide bonds. The minimum atomic E-state index is 0.949. The van der Waals surface area contributed by atoms with Crippen molar-refractivity contribution in [3.63, 3.8) is 0 Å². The zero-order valence-electron chi connectivity index (χ0n) is 13.3. The van der Waals surface area contributed by atoms with Gasteiger partial charge in [-0.15, -0.1) is 0 Å². The molecule has 3 aromatic carbocycles. The molecule has 0 saturated carbocycles. The summed E-state index contributed by atoms with van der Waals surface area (Å²) < 4.78 is 1.09. The Kier molecular flexibility index (Phi) is 3.28. The molecule has 0 radical (unpaired) electrons. The summed E-state index contributed by atoms with van der Waals surface area (Å²) in [6.45, 7) is 0. The van der Waals surface area contributed by atoms with Crippen LogP contribution in [0.4, 0.5) is 0 Å². The molecule has 2 heterocycles. The van der Waals surface area contributed by atoms with Crippen LogP contribution in [0.5, 0.6) is 0 Å². The highest BCUT2D eigenvalue weighted by Crippen LogP contribution is 2.37. The van der Waals surface area contributed by atoms with Crippen molar-refractivity contribution in [1.82, 2.24) is 9.97 Å². The highest BCUT2D eigenvalue weighted by Gasteiger charge is 2.12. The monoisotopic (exact) mass is 384 g/mol. The van der Waals surface area contributed by atoms with Crippen molar-refractivity contribution in [2.45, 2.75) is 0 Å². The number of halogens is 1. The second-order valence-corrected chi connectivity index (χ2v) is 6.99. The Hall–Kier alpha value is -2.78. The van der Waals surface area contributed by atoms with Gasteiger partial charge in [0.25, 0.3) is 0 Å². The van der Waals surface area contributed by atoms with Crippen LogP contribution in [0.3, 0.4) is 0 Å². The third kappa shape index (κ3) is 2.31. The Bertz CT molecular complexity index is 1260. The summed E-state index contributed by atoms with van der Waals surface area (Å²) in [6, 6.07) is 23.3. The Morgan fingerprint density at radius 1 is 0.600 bits per heavy atom. The Balaban J connectivity index is 1.95. The van der Waals surface area contributed by atoms with E-state index < -0.39 is 0 Å². The zero-order chi connectivity index (χ0) is 16.8. The highest BCUT2D eigenvalue weighted by molar-refractivity contribution is 9.10. The molecule has 3 heteroatoms. The quantitative estimate of drug-likeness (QED) is 0.314. The fraction of sp³-hybridized carbons (Fsp3) is 0. The first-order valence-corrected chi connectivity index (χ1v) is 8.92. The van der Waals surface area contributed by atoms with E-state index in [1.54, 1.807) is 0 Å². The van der Waals surface area contributed by atoms with Gasteiger partial charge in [-0.25, -0.2) is 0 Å². The summed E-state index contributed by atoms with van der Waals surface area (Å²) in [4.78, 5) is 9.17. The number of fused-ring (bicyclic) bond motifs is 4. The van der Waals surface area contributed by atoms with Gasteiger partial charge in [-0.05, 0) is 52.2 Å². The van der Waals surface area contributed by atoms with E-state index in [9.17, 15) is 0 Å². The molecule has 0 saturated heterocycles. The molecule has 25 heavy (non-hydrogen) atoms. The van der Waals surface area contributed by atoms with E-state index in [0.717, 1.165) is 26.3 Å². The maximum absolute atomic E-state index is 4.62. The Morgan fingerprint density at radius 2 is 1.40 bits per heavy atom. The number of benzene rings is 3. The van der Waals surface area contributed by atoms with Crippen molar-refractivity contribution in [3.8, 4) is 11.1 Å². The predicted molar refractivity (Wildman–Crippen MR) is 108 cm³/mol. The first-order chi connectivity index (χ1) is 12.3. The van der Waals surface area contributed by atoms with Gasteiger partial charge in [0.1, 0.15) is 0 Å². The lowest BCUT2D eigenvalue weighted by Gasteiger charge is -2.12. The molecule has 2 nitrogen and oxygen atoms in total. The van der Waals surface area contributed by atoms with Gasteiger partial charge in [0.15, 0.2) is 0 Å². The molecular weight excluding hydrogens is 372 g/mol. The fourth-order valence-corrected chi connectivity index (χ4v) is 3.87. The lowest BCUT2D eigenvalue weighted by Crippen LogP contribution is -1.89. The van der Waals surface area contributed by atoms with Gasteiger partial charge in [-0.2, -0.15) is 0 Å². The molecule has 0 fully saturated rings.